The summed E-state index contributed by atoms with van der Waals surface area (Å²) in [7, 11) is 0. The summed E-state index contributed by atoms with van der Waals surface area (Å²) >= 11 is 0. The Morgan fingerprint density at radius 1 is 1.62 bits per heavy atom. The van der Waals surface area contributed by atoms with Crippen LogP contribution in [-0.2, 0) is 4.79 Å². The average Bonchev–Trinajstić information content (AvgIpc) is 2.60. The molecule has 0 aromatic rings. The van der Waals surface area contributed by atoms with E-state index >= 15 is 0 Å². The molecule has 3 heteroatoms. The highest BCUT2D eigenvalue weighted by atomic mass is 16.2. The molecule has 1 aliphatic rings. The van der Waals surface area contributed by atoms with Crippen molar-refractivity contribution in [2.45, 2.75) is 51.6 Å². The van der Waals surface area contributed by atoms with Gasteiger partial charge in [-0.05, 0) is 31.1 Å². The number of nitrogens with one attached hydrogen (secondary N) is 1. The van der Waals surface area contributed by atoms with Gasteiger partial charge in [-0.15, -0.1) is 6.58 Å². The van der Waals surface area contributed by atoms with Gasteiger partial charge >= 0.3 is 0 Å². The predicted molar refractivity (Wildman–Crippen MR) is 66.9 cm³/mol. The summed E-state index contributed by atoms with van der Waals surface area (Å²) in [6, 6.07) is -0.126. The van der Waals surface area contributed by atoms with Crippen LogP contribution in [0.25, 0.3) is 0 Å². The summed E-state index contributed by atoms with van der Waals surface area (Å²) in [5, 5.41) is 3.07. The van der Waals surface area contributed by atoms with Crippen molar-refractivity contribution >= 4 is 5.91 Å². The third-order valence-corrected chi connectivity index (χ3v) is 3.84. The summed E-state index contributed by atoms with van der Waals surface area (Å²) in [6.45, 7) is 8.04. The molecule has 3 N–H and O–H groups in total. The Bertz CT molecular complexity index is 252. The molecule has 0 heterocycles. The molecule has 92 valence electrons. The zero-order valence-electron chi connectivity index (χ0n) is 10.4. The van der Waals surface area contributed by atoms with E-state index in [2.05, 4.69) is 25.7 Å². The topological polar surface area (TPSA) is 55.1 Å². The fourth-order valence-electron chi connectivity index (χ4n) is 2.60. The van der Waals surface area contributed by atoms with Crippen molar-refractivity contribution in [2.24, 2.45) is 17.6 Å². The van der Waals surface area contributed by atoms with Gasteiger partial charge in [0.1, 0.15) is 0 Å². The Balaban J connectivity index is 2.43. The number of hydrogen-bond donors (Lipinski definition) is 2. The van der Waals surface area contributed by atoms with Gasteiger partial charge in [-0.25, -0.2) is 0 Å². The fraction of sp³-hybridized carbons (Fsp3) is 0.769. The third-order valence-electron chi connectivity index (χ3n) is 3.84. The van der Waals surface area contributed by atoms with Crippen LogP contribution in [0.4, 0.5) is 0 Å². The number of amides is 1. The van der Waals surface area contributed by atoms with Crippen molar-refractivity contribution in [3.8, 4) is 0 Å². The van der Waals surface area contributed by atoms with Gasteiger partial charge in [-0.2, -0.15) is 0 Å². The van der Waals surface area contributed by atoms with E-state index in [-0.39, 0.29) is 5.91 Å². The minimum Gasteiger partial charge on any atom is -0.352 e. The normalized spacial score (nSPS) is 31.1. The molecule has 0 spiro atoms. The quantitative estimate of drug-likeness (QED) is 0.700. The molecule has 1 saturated carbocycles. The second kappa shape index (κ2) is 6.04. The number of rotatable bonds is 5. The summed E-state index contributed by atoms with van der Waals surface area (Å²) in [6.07, 6.45) is 5.75. The fourth-order valence-corrected chi connectivity index (χ4v) is 2.60. The molecule has 0 aromatic heterocycles. The lowest BCUT2D eigenvalue weighted by Crippen LogP contribution is -2.46. The van der Waals surface area contributed by atoms with Gasteiger partial charge in [0.15, 0.2) is 0 Å². The van der Waals surface area contributed by atoms with Crippen LogP contribution in [0, 0.1) is 11.8 Å². The summed E-state index contributed by atoms with van der Waals surface area (Å²) in [5.41, 5.74) is 5.74. The average molecular weight is 224 g/mol. The second-order valence-electron chi connectivity index (χ2n) is 4.85. The van der Waals surface area contributed by atoms with Crippen LogP contribution in [-0.4, -0.2) is 18.0 Å². The number of carbonyl (C=O) groups is 1. The van der Waals surface area contributed by atoms with E-state index in [0.29, 0.717) is 18.4 Å². The predicted octanol–water partition coefficient (Wildman–Crippen LogP) is 1.83. The van der Waals surface area contributed by atoms with Crippen molar-refractivity contribution in [1.82, 2.24) is 5.32 Å². The van der Waals surface area contributed by atoms with Crippen LogP contribution in [0.3, 0.4) is 0 Å². The Hall–Kier alpha value is -0.830. The second-order valence-corrected chi connectivity index (χ2v) is 4.85. The molecule has 0 saturated heterocycles. The lowest BCUT2D eigenvalue weighted by atomic mass is 9.93. The summed E-state index contributed by atoms with van der Waals surface area (Å²) < 4.78 is 0. The summed E-state index contributed by atoms with van der Waals surface area (Å²) in [5.74, 6) is 1.29. The van der Waals surface area contributed by atoms with Crippen molar-refractivity contribution < 1.29 is 4.79 Å². The highest BCUT2D eigenvalue weighted by molar-refractivity contribution is 5.81. The Morgan fingerprint density at radius 2 is 2.31 bits per heavy atom. The molecule has 16 heavy (non-hydrogen) atoms. The zero-order valence-corrected chi connectivity index (χ0v) is 10.4. The van der Waals surface area contributed by atoms with Crippen LogP contribution in [0.1, 0.15) is 39.5 Å². The van der Waals surface area contributed by atoms with Gasteiger partial charge in [0.05, 0.1) is 6.04 Å². The van der Waals surface area contributed by atoms with Crippen LogP contribution >= 0.6 is 0 Å². The minimum atomic E-state index is -0.439. The van der Waals surface area contributed by atoms with E-state index < -0.39 is 6.04 Å². The van der Waals surface area contributed by atoms with E-state index in [4.69, 9.17) is 5.73 Å². The van der Waals surface area contributed by atoms with E-state index in [1.54, 1.807) is 6.08 Å². The molecule has 4 unspecified atom stereocenters. The number of hydrogen-bond acceptors (Lipinski definition) is 2. The van der Waals surface area contributed by atoms with E-state index in [9.17, 15) is 4.79 Å². The van der Waals surface area contributed by atoms with Crippen molar-refractivity contribution in [3.05, 3.63) is 12.7 Å². The maximum atomic E-state index is 11.7. The highest BCUT2D eigenvalue weighted by Gasteiger charge is 2.32. The number of carbonyl (C=O) groups excluding carboxylic acids is 1. The van der Waals surface area contributed by atoms with Crippen molar-refractivity contribution in [3.63, 3.8) is 0 Å². The van der Waals surface area contributed by atoms with E-state index in [1.807, 2.05) is 0 Å². The highest BCUT2D eigenvalue weighted by Crippen LogP contribution is 2.33. The van der Waals surface area contributed by atoms with Gasteiger partial charge in [-0.3, -0.25) is 4.79 Å². The molecule has 1 amide bonds. The SMILES string of the molecule is C=CCC(N)C(=O)NC1CCC(CC)C1C. The van der Waals surface area contributed by atoms with Crippen LogP contribution in [0.15, 0.2) is 12.7 Å². The molecule has 1 aliphatic carbocycles. The van der Waals surface area contributed by atoms with Crippen LogP contribution in [0.2, 0.25) is 0 Å². The lowest BCUT2D eigenvalue weighted by molar-refractivity contribution is -0.123. The molecular formula is C13H24N2O. The minimum absolute atomic E-state index is 0.0338. The zero-order chi connectivity index (χ0) is 12.1. The van der Waals surface area contributed by atoms with Crippen LogP contribution in [0.5, 0.6) is 0 Å². The number of nitrogens with two attached hydrogens (primary N) is 1. The third kappa shape index (κ3) is 3.08. The van der Waals surface area contributed by atoms with Crippen molar-refractivity contribution in [2.75, 3.05) is 0 Å². The largest absolute Gasteiger partial charge is 0.352 e. The first-order valence-corrected chi connectivity index (χ1v) is 6.27. The van der Waals surface area contributed by atoms with Gasteiger partial charge in [-0.1, -0.05) is 26.3 Å². The van der Waals surface area contributed by atoms with Gasteiger partial charge in [0, 0.05) is 6.04 Å². The maximum absolute atomic E-state index is 11.7. The Kier molecular flexibility index (Phi) is 5.00. The molecule has 1 rings (SSSR count). The van der Waals surface area contributed by atoms with Gasteiger partial charge in [0.2, 0.25) is 5.91 Å². The lowest BCUT2D eigenvalue weighted by Gasteiger charge is -2.22. The maximum Gasteiger partial charge on any atom is 0.237 e. The molecule has 4 atom stereocenters. The standard InChI is InChI=1S/C13H24N2O/c1-4-6-11(14)13(16)15-12-8-7-10(5-2)9(12)3/h4,9-12H,1,5-8,14H2,2-3H3,(H,15,16). The Labute approximate surface area is 98.5 Å². The molecule has 0 aromatic carbocycles. The monoisotopic (exact) mass is 224 g/mol. The molecule has 1 fully saturated rings. The molecule has 3 nitrogen and oxygen atoms in total. The Morgan fingerprint density at radius 3 is 2.81 bits per heavy atom. The van der Waals surface area contributed by atoms with E-state index in [1.165, 1.54) is 12.8 Å². The molecule has 0 aliphatic heterocycles. The molecular weight excluding hydrogens is 200 g/mol. The van der Waals surface area contributed by atoms with Crippen LogP contribution < -0.4 is 11.1 Å². The first-order chi connectivity index (χ1) is 7.60. The first kappa shape index (κ1) is 13.2. The van der Waals surface area contributed by atoms with E-state index in [0.717, 1.165) is 12.3 Å². The van der Waals surface area contributed by atoms with Gasteiger partial charge in [0.25, 0.3) is 0 Å². The van der Waals surface area contributed by atoms with Crippen molar-refractivity contribution in [1.29, 1.82) is 0 Å². The molecule has 0 radical (unpaired) electrons. The molecule has 0 bridgehead atoms. The summed E-state index contributed by atoms with van der Waals surface area (Å²) in [4.78, 5) is 11.7. The first-order valence-electron chi connectivity index (χ1n) is 6.27. The smallest absolute Gasteiger partial charge is 0.237 e. The van der Waals surface area contributed by atoms with Gasteiger partial charge < -0.3 is 11.1 Å².